The lowest BCUT2D eigenvalue weighted by molar-refractivity contribution is -0.534. The summed E-state index contributed by atoms with van der Waals surface area (Å²) in [5.74, 6) is -52.4. The van der Waals surface area contributed by atoms with Gasteiger partial charge in [-0.25, -0.2) is 0 Å². The fraction of sp³-hybridized carbons (Fsp3) is 0.833. The van der Waals surface area contributed by atoms with Gasteiger partial charge in [-0.3, -0.25) is 19.1 Å². The van der Waals surface area contributed by atoms with Crippen molar-refractivity contribution in [2.24, 2.45) is 0 Å². The average molecular weight is 552 g/mol. The minimum atomic E-state index is -8.00. The van der Waals surface area contributed by atoms with Crippen LogP contribution in [-0.4, -0.2) is 65.6 Å². The number of rotatable bonds is 6. The van der Waals surface area contributed by atoms with E-state index in [1.54, 1.807) is 0 Å². The normalized spacial score (nSPS) is 29.6. The minimum absolute atomic E-state index is 2.07. The van der Waals surface area contributed by atoms with E-state index in [9.17, 15) is 88.6 Å². The molecule has 0 saturated heterocycles. The summed E-state index contributed by atoms with van der Waals surface area (Å²) in [5, 5.41) is 0. The zero-order valence-electron chi connectivity index (χ0n) is 14.6. The first kappa shape index (κ1) is 30.0. The van der Waals surface area contributed by atoms with Gasteiger partial charge in [0.1, 0.15) is 0 Å². The molecule has 1 rings (SSSR count). The van der Waals surface area contributed by atoms with Gasteiger partial charge in [0.25, 0.3) is 5.79 Å². The Hall–Kier alpha value is -2.00. The molecule has 1 aliphatic carbocycles. The van der Waals surface area contributed by atoms with Gasteiger partial charge < -0.3 is 0 Å². The smallest absolute Gasteiger partial charge is 0.291 e. The van der Waals surface area contributed by atoms with Gasteiger partial charge >= 0.3 is 59.8 Å². The lowest BCUT2D eigenvalue weighted by Crippen LogP contribution is -2.80. The van der Waals surface area contributed by atoms with Gasteiger partial charge in [-0.1, -0.05) is 0 Å². The van der Waals surface area contributed by atoms with E-state index in [4.69, 9.17) is 0 Å². The molecule has 0 heterocycles. The highest BCUT2D eigenvalue weighted by molar-refractivity contribution is 5.78. The van der Waals surface area contributed by atoms with E-state index in [1.807, 2.05) is 0 Å². The highest BCUT2D eigenvalue weighted by Gasteiger charge is 2.94. The number of alkyl halides is 16. The molecular formula is C12H2F18O4. The van der Waals surface area contributed by atoms with E-state index in [-0.39, 0.29) is 0 Å². The third-order valence-electron chi connectivity index (χ3n) is 4.03. The molecule has 0 spiro atoms. The van der Waals surface area contributed by atoms with E-state index in [1.165, 1.54) is 0 Å². The molecule has 0 aliphatic heterocycles. The quantitative estimate of drug-likeness (QED) is 0.261. The van der Waals surface area contributed by atoms with Gasteiger partial charge in [0.05, 0.1) is 6.42 Å². The highest BCUT2D eigenvalue weighted by Crippen LogP contribution is 2.66. The van der Waals surface area contributed by atoms with Crippen LogP contribution in [0.15, 0.2) is 0 Å². The molecule has 0 aromatic rings. The number of carbonyl (C=O) groups is 2. The van der Waals surface area contributed by atoms with Gasteiger partial charge in [-0.05, 0) is 0 Å². The number of hydrogen-bond acceptors (Lipinski definition) is 4. The molecule has 4 nitrogen and oxygen atoms in total. The minimum Gasteiger partial charge on any atom is -0.291 e. The number of ether oxygens (including phenoxy) is 2. The van der Waals surface area contributed by atoms with Crippen molar-refractivity contribution in [3.63, 3.8) is 0 Å². The molecule has 2 unspecified atom stereocenters. The van der Waals surface area contributed by atoms with Crippen LogP contribution in [0.5, 0.6) is 0 Å². The predicted octanol–water partition coefficient (Wildman–Crippen LogP) is 5.11. The molecule has 22 heteroatoms. The summed E-state index contributed by atoms with van der Waals surface area (Å²) in [6.45, 7) is 0. The predicted molar refractivity (Wildman–Crippen MR) is 61.3 cm³/mol. The number of halogens is 18. The summed E-state index contributed by atoms with van der Waals surface area (Å²) in [6.07, 6.45) is -19.6. The molecule has 0 radical (unpaired) electrons. The summed E-state index contributed by atoms with van der Waals surface area (Å²) in [7, 11) is 0. The van der Waals surface area contributed by atoms with Gasteiger partial charge in [0.15, 0.2) is 0 Å². The first-order chi connectivity index (χ1) is 14.5. The Morgan fingerprint density at radius 1 is 0.559 bits per heavy atom. The zero-order valence-corrected chi connectivity index (χ0v) is 14.6. The van der Waals surface area contributed by atoms with Crippen LogP contribution in [0.1, 0.15) is 6.42 Å². The molecular weight excluding hydrogens is 550 g/mol. The second-order valence-corrected chi connectivity index (χ2v) is 6.29. The van der Waals surface area contributed by atoms with Gasteiger partial charge in [-0.2, -0.15) is 79.0 Å². The molecule has 0 N–H and O–H groups in total. The SMILES string of the molecule is O=C(F)C(F)(OC1(OC(F)(C(=O)F)C(F)(F)F)CC(F)(F)C(F)(F)C(F)(F)C1(F)F)C(F)(F)F. The van der Waals surface area contributed by atoms with E-state index >= 15 is 0 Å². The Labute approximate surface area is 171 Å². The summed E-state index contributed by atoms with van der Waals surface area (Å²) >= 11 is 0. The van der Waals surface area contributed by atoms with E-state index < -0.39 is 72.0 Å². The van der Waals surface area contributed by atoms with Crippen LogP contribution < -0.4 is 0 Å². The van der Waals surface area contributed by atoms with Crippen molar-refractivity contribution >= 4 is 12.1 Å². The van der Waals surface area contributed by atoms with Crippen molar-refractivity contribution in [3.8, 4) is 0 Å². The Morgan fingerprint density at radius 3 is 1.09 bits per heavy atom. The van der Waals surface area contributed by atoms with Crippen molar-refractivity contribution in [1.29, 1.82) is 0 Å². The van der Waals surface area contributed by atoms with Crippen LogP contribution in [0.3, 0.4) is 0 Å². The molecule has 1 saturated carbocycles. The molecule has 0 aromatic carbocycles. The van der Waals surface area contributed by atoms with E-state index in [2.05, 4.69) is 9.47 Å². The molecule has 0 bridgehead atoms. The Balaban J connectivity index is 4.17. The van der Waals surface area contributed by atoms with Crippen LogP contribution in [0.4, 0.5) is 79.0 Å². The number of hydrogen-bond donors (Lipinski definition) is 0. The van der Waals surface area contributed by atoms with Gasteiger partial charge in [0.2, 0.25) is 0 Å². The fourth-order valence-corrected chi connectivity index (χ4v) is 2.27. The largest absolute Gasteiger partial charge is 0.459 e. The zero-order chi connectivity index (χ0) is 27.8. The second-order valence-electron chi connectivity index (χ2n) is 6.29. The Kier molecular flexibility index (Phi) is 6.62. The standard InChI is InChI=1S/C12H2F18O4/c13-2(31)6(17,11(25,26)27)33-5(34-7(18,3(14)32)12(28,29)30)1-4(15,16)8(19,20)10(23,24)9(5,21)22/h1H2. The van der Waals surface area contributed by atoms with Gasteiger partial charge in [0, 0.05) is 0 Å². The maximum absolute atomic E-state index is 14.2. The first-order valence-corrected chi connectivity index (χ1v) is 7.33. The lowest BCUT2D eigenvalue weighted by Gasteiger charge is -2.53. The first-order valence-electron chi connectivity index (χ1n) is 7.33. The van der Waals surface area contributed by atoms with Crippen LogP contribution in [0.2, 0.25) is 0 Å². The van der Waals surface area contributed by atoms with Crippen molar-refractivity contribution in [1.82, 2.24) is 0 Å². The monoisotopic (exact) mass is 552 g/mol. The summed E-state index contributed by atoms with van der Waals surface area (Å²) in [4.78, 5) is 20.6. The average Bonchev–Trinajstić information content (AvgIpc) is 2.57. The Morgan fingerprint density at radius 2 is 0.853 bits per heavy atom. The fourth-order valence-electron chi connectivity index (χ4n) is 2.27. The molecule has 0 amide bonds. The molecule has 0 aromatic heterocycles. The second kappa shape index (κ2) is 7.50. The molecule has 200 valence electrons. The van der Waals surface area contributed by atoms with Crippen molar-refractivity contribution in [2.45, 2.75) is 60.0 Å². The topological polar surface area (TPSA) is 52.6 Å². The molecule has 1 aliphatic rings. The molecule has 34 heavy (non-hydrogen) atoms. The lowest BCUT2D eigenvalue weighted by atomic mass is 9.80. The number of carbonyl (C=O) groups excluding carboxylic acids is 2. The van der Waals surface area contributed by atoms with Crippen molar-refractivity contribution < 1.29 is 98.1 Å². The van der Waals surface area contributed by atoms with Crippen molar-refractivity contribution in [2.75, 3.05) is 0 Å². The van der Waals surface area contributed by atoms with Gasteiger partial charge in [-0.15, -0.1) is 0 Å². The van der Waals surface area contributed by atoms with E-state index in [0.717, 1.165) is 0 Å². The summed E-state index contributed by atoms with van der Waals surface area (Å²) < 4.78 is 242. The summed E-state index contributed by atoms with van der Waals surface area (Å²) in [5.41, 5.74) is 0. The van der Waals surface area contributed by atoms with Crippen LogP contribution in [0.25, 0.3) is 0 Å². The van der Waals surface area contributed by atoms with Crippen LogP contribution in [0, 0.1) is 0 Å². The van der Waals surface area contributed by atoms with E-state index in [0.29, 0.717) is 0 Å². The maximum atomic E-state index is 14.2. The summed E-state index contributed by atoms with van der Waals surface area (Å²) in [6, 6.07) is -9.68. The third-order valence-corrected chi connectivity index (χ3v) is 4.03. The Bertz CT molecular complexity index is 805. The molecule has 2 atom stereocenters. The van der Waals surface area contributed by atoms with Crippen molar-refractivity contribution in [3.05, 3.63) is 0 Å². The third kappa shape index (κ3) is 3.75. The van der Waals surface area contributed by atoms with Crippen LogP contribution in [-0.2, 0) is 19.1 Å². The molecule has 1 fully saturated rings. The van der Waals surface area contributed by atoms with Crippen LogP contribution >= 0.6 is 0 Å². The maximum Gasteiger partial charge on any atom is 0.459 e. The highest BCUT2D eigenvalue weighted by atomic mass is 19.4.